The second kappa shape index (κ2) is 7.59. The minimum atomic E-state index is -0.908. The van der Waals surface area contributed by atoms with Crippen molar-refractivity contribution in [3.05, 3.63) is 59.2 Å². The fourth-order valence-corrected chi connectivity index (χ4v) is 2.15. The maximum Gasteiger partial charge on any atom is 0.203 e. The molecule has 2 rings (SSSR count). The number of methoxy groups -OCH3 is 3. The number of hydrogen-bond donors (Lipinski definition) is 0. The molecule has 0 aromatic heterocycles. The van der Waals surface area contributed by atoms with Crippen LogP contribution in [0.2, 0.25) is 0 Å². The SMILES string of the molecule is COc1cc(/C=C/C(=O)c2ccc(F)cc2F)cc(OC)c1OC. The number of benzene rings is 2. The molecule has 0 saturated heterocycles. The lowest BCUT2D eigenvalue weighted by molar-refractivity contribution is 0.104. The van der Waals surface area contributed by atoms with E-state index in [2.05, 4.69) is 0 Å². The Morgan fingerprint density at radius 3 is 2.08 bits per heavy atom. The first-order chi connectivity index (χ1) is 11.5. The van der Waals surface area contributed by atoms with Crippen LogP contribution in [0.25, 0.3) is 6.08 Å². The largest absolute Gasteiger partial charge is 0.493 e. The van der Waals surface area contributed by atoms with Gasteiger partial charge < -0.3 is 14.2 Å². The summed E-state index contributed by atoms with van der Waals surface area (Å²) in [5, 5.41) is 0. The summed E-state index contributed by atoms with van der Waals surface area (Å²) in [5.41, 5.74) is 0.389. The molecule has 24 heavy (non-hydrogen) atoms. The normalized spacial score (nSPS) is 10.7. The Morgan fingerprint density at radius 1 is 0.958 bits per heavy atom. The van der Waals surface area contributed by atoms with Crippen molar-refractivity contribution in [3.63, 3.8) is 0 Å². The highest BCUT2D eigenvalue weighted by molar-refractivity contribution is 6.07. The predicted molar refractivity (Wildman–Crippen MR) is 85.8 cm³/mol. The number of rotatable bonds is 6. The van der Waals surface area contributed by atoms with Gasteiger partial charge in [-0.2, -0.15) is 0 Å². The molecule has 2 aromatic carbocycles. The fraction of sp³-hybridized carbons (Fsp3) is 0.167. The number of halogens is 2. The van der Waals surface area contributed by atoms with E-state index in [0.29, 0.717) is 28.9 Å². The molecule has 2 aromatic rings. The third-order valence-corrected chi connectivity index (χ3v) is 3.31. The molecular formula is C18H16F2O4. The standard InChI is InChI=1S/C18H16F2O4/c1-22-16-8-11(9-17(23-2)18(16)24-3)4-7-15(21)13-6-5-12(19)10-14(13)20/h4-10H,1-3H3/b7-4+. The molecule has 0 N–H and O–H groups in total. The maximum atomic E-state index is 13.6. The first-order valence-corrected chi connectivity index (χ1v) is 6.97. The highest BCUT2D eigenvalue weighted by Gasteiger charge is 2.13. The third kappa shape index (κ3) is 3.71. The second-order valence-electron chi connectivity index (χ2n) is 4.78. The van der Waals surface area contributed by atoms with Crippen LogP contribution in [0, 0.1) is 11.6 Å². The molecule has 0 aliphatic rings. The van der Waals surface area contributed by atoms with Crippen LogP contribution in [0.15, 0.2) is 36.4 Å². The molecule has 4 nitrogen and oxygen atoms in total. The Bertz CT molecular complexity index is 760. The van der Waals surface area contributed by atoms with E-state index < -0.39 is 17.4 Å². The number of allylic oxidation sites excluding steroid dienone is 1. The van der Waals surface area contributed by atoms with Crippen LogP contribution in [-0.4, -0.2) is 27.1 Å². The van der Waals surface area contributed by atoms with Gasteiger partial charge in [-0.3, -0.25) is 4.79 Å². The summed E-state index contributed by atoms with van der Waals surface area (Å²) < 4.78 is 42.1. The molecule has 0 saturated carbocycles. The summed E-state index contributed by atoms with van der Waals surface area (Å²) in [6.07, 6.45) is 2.67. The lowest BCUT2D eigenvalue weighted by Gasteiger charge is -2.12. The van der Waals surface area contributed by atoms with Crippen LogP contribution in [0.4, 0.5) is 8.78 Å². The van der Waals surface area contributed by atoms with Crippen molar-refractivity contribution in [2.75, 3.05) is 21.3 Å². The summed E-state index contributed by atoms with van der Waals surface area (Å²) in [7, 11) is 4.43. The lowest BCUT2D eigenvalue weighted by atomic mass is 10.1. The molecule has 0 atom stereocenters. The number of carbonyl (C=O) groups is 1. The molecule has 6 heteroatoms. The average Bonchev–Trinajstić information content (AvgIpc) is 2.58. The summed E-state index contributed by atoms with van der Waals surface area (Å²) in [4.78, 5) is 12.0. The van der Waals surface area contributed by atoms with Gasteiger partial charge in [0.15, 0.2) is 17.3 Å². The second-order valence-corrected chi connectivity index (χ2v) is 4.78. The van der Waals surface area contributed by atoms with Gasteiger partial charge in [0.2, 0.25) is 5.75 Å². The van der Waals surface area contributed by atoms with Gasteiger partial charge in [0.05, 0.1) is 26.9 Å². The monoisotopic (exact) mass is 334 g/mol. The quantitative estimate of drug-likeness (QED) is 0.594. The number of carbonyl (C=O) groups excluding carboxylic acids is 1. The van der Waals surface area contributed by atoms with Gasteiger partial charge in [-0.1, -0.05) is 6.08 Å². The molecule has 0 amide bonds. The highest BCUT2D eigenvalue weighted by atomic mass is 19.1. The zero-order valence-corrected chi connectivity index (χ0v) is 13.4. The Kier molecular flexibility index (Phi) is 5.52. The van der Waals surface area contributed by atoms with E-state index in [1.165, 1.54) is 33.5 Å². The molecule has 0 bridgehead atoms. The van der Waals surface area contributed by atoms with Crippen LogP contribution < -0.4 is 14.2 Å². The molecule has 0 aliphatic carbocycles. The van der Waals surface area contributed by atoms with Crippen molar-refractivity contribution >= 4 is 11.9 Å². The van der Waals surface area contributed by atoms with Gasteiger partial charge >= 0.3 is 0 Å². The summed E-state index contributed by atoms with van der Waals surface area (Å²) in [6.45, 7) is 0. The summed E-state index contributed by atoms with van der Waals surface area (Å²) >= 11 is 0. The Labute approximate surface area is 138 Å². The smallest absolute Gasteiger partial charge is 0.203 e. The predicted octanol–water partition coefficient (Wildman–Crippen LogP) is 3.89. The van der Waals surface area contributed by atoms with Gasteiger partial charge in [-0.25, -0.2) is 8.78 Å². The Morgan fingerprint density at radius 2 is 1.58 bits per heavy atom. The van der Waals surface area contributed by atoms with Crippen LogP contribution >= 0.6 is 0 Å². The van der Waals surface area contributed by atoms with E-state index >= 15 is 0 Å². The molecule has 0 aliphatic heterocycles. The molecule has 0 unspecified atom stereocenters. The average molecular weight is 334 g/mol. The van der Waals surface area contributed by atoms with E-state index in [9.17, 15) is 13.6 Å². The molecule has 126 valence electrons. The van der Waals surface area contributed by atoms with Crippen molar-refractivity contribution in [3.8, 4) is 17.2 Å². The van der Waals surface area contributed by atoms with Gasteiger partial charge in [0, 0.05) is 6.07 Å². The topological polar surface area (TPSA) is 44.8 Å². The number of ketones is 1. The zero-order valence-electron chi connectivity index (χ0n) is 13.4. The van der Waals surface area contributed by atoms with Crippen molar-refractivity contribution in [2.24, 2.45) is 0 Å². The summed E-state index contributed by atoms with van der Waals surface area (Å²) in [5.74, 6) is -0.949. The Hall–Kier alpha value is -2.89. The molecular weight excluding hydrogens is 318 g/mol. The number of hydrogen-bond acceptors (Lipinski definition) is 4. The van der Waals surface area contributed by atoms with Crippen molar-refractivity contribution in [1.29, 1.82) is 0 Å². The van der Waals surface area contributed by atoms with Crippen LogP contribution in [0.3, 0.4) is 0 Å². The third-order valence-electron chi connectivity index (χ3n) is 3.31. The van der Waals surface area contributed by atoms with Crippen molar-refractivity contribution in [2.45, 2.75) is 0 Å². The fourth-order valence-electron chi connectivity index (χ4n) is 2.15. The minimum absolute atomic E-state index is 0.208. The van der Waals surface area contributed by atoms with E-state index in [1.54, 1.807) is 12.1 Å². The first kappa shape index (κ1) is 17.5. The first-order valence-electron chi connectivity index (χ1n) is 6.97. The van der Waals surface area contributed by atoms with Gasteiger partial charge in [-0.15, -0.1) is 0 Å². The zero-order chi connectivity index (χ0) is 17.7. The maximum absolute atomic E-state index is 13.6. The van der Waals surface area contributed by atoms with E-state index in [0.717, 1.165) is 12.1 Å². The minimum Gasteiger partial charge on any atom is -0.493 e. The van der Waals surface area contributed by atoms with Crippen LogP contribution in [-0.2, 0) is 0 Å². The van der Waals surface area contributed by atoms with Crippen LogP contribution in [0.5, 0.6) is 17.2 Å². The van der Waals surface area contributed by atoms with Gasteiger partial charge in [0.25, 0.3) is 0 Å². The lowest BCUT2D eigenvalue weighted by Crippen LogP contribution is -1.99. The van der Waals surface area contributed by atoms with Crippen molar-refractivity contribution < 1.29 is 27.8 Å². The molecule has 0 heterocycles. The van der Waals surface area contributed by atoms with E-state index in [1.807, 2.05) is 0 Å². The number of ether oxygens (including phenoxy) is 3. The van der Waals surface area contributed by atoms with Crippen molar-refractivity contribution in [1.82, 2.24) is 0 Å². The van der Waals surface area contributed by atoms with E-state index in [4.69, 9.17) is 14.2 Å². The summed E-state index contributed by atoms with van der Waals surface area (Å²) in [6, 6.07) is 6.09. The molecule has 0 fully saturated rings. The van der Waals surface area contributed by atoms with Gasteiger partial charge in [0.1, 0.15) is 11.6 Å². The van der Waals surface area contributed by atoms with Gasteiger partial charge in [-0.05, 0) is 35.9 Å². The van der Waals surface area contributed by atoms with Crippen LogP contribution in [0.1, 0.15) is 15.9 Å². The highest BCUT2D eigenvalue weighted by Crippen LogP contribution is 2.38. The van der Waals surface area contributed by atoms with E-state index in [-0.39, 0.29) is 5.56 Å². The molecule has 0 spiro atoms. The Balaban J connectivity index is 2.32. The molecule has 0 radical (unpaired) electrons.